The van der Waals surface area contributed by atoms with Crippen molar-refractivity contribution in [2.45, 2.75) is 64.4 Å². The molecule has 0 amide bonds. The summed E-state index contributed by atoms with van der Waals surface area (Å²) in [4.78, 5) is 2.55. The molecule has 30 heavy (non-hydrogen) atoms. The Bertz CT molecular complexity index is 860. The highest BCUT2D eigenvalue weighted by atomic mass is 16.5. The van der Waals surface area contributed by atoms with Gasteiger partial charge in [-0.25, -0.2) is 0 Å². The standard InChI is InChI=1S/C27H35NO2/c1-20-14-16-23-25(18-20)30-26(17-15-22-12-8-9-13-24(22)29-4)28(27(23,2)3)19-21-10-6-5-7-11-21/h5-13,15,17,20,23,25-26H,14,16,18-19H2,1-4H3/b17-15+/t20-,23-,25-,26+/m1/s1. The number of para-hydroxylation sites is 1. The number of ether oxygens (including phenoxy) is 2. The van der Waals surface area contributed by atoms with Crippen LogP contribution in [0.5, 0.6) is 5.75 Å². The molecule has 2 aliphatic rings. The molecule has 2 aromatic carbocycles. The van der Waals surface area contributed by atoms with E-state index in [0.29, 0.717) is 12.0 Å². The average Bonchev–Trinajstić information content (AvgIpc) is 2.75. The zero-order chi connectivity index (χ0) is 21.1. The number of hydrogen-bond donors (Lipinski definition) is 0. The predicted octanol–water partition coefficient (Wildman–Crippen LogP) is 6.15. The third kappa shape index (κ3) is 4.33. The topological polar surface area (TPSA) is 21.7 Å². The Balaban J connectivity index is 1.66. The Labute approximate surface area is 181 Å². The summed E-state index contributed by atoms with van der Waals surface area (Å²) in [6.07, 6.45) is 8.34. The predicted molar refractivity (Wildman–Crippen MR) is 123 cm³/mol. The van der Waals surface area contributed by atoms with Gasteiger partial charge in [0.05, 0.1) is 13.2 Å². The molecule has 2 aromatic rings. The Morgan fingerprint density at radius 2 is 1.80 bits per heavy atom. The van der Waals surface area contributed by atoms with Crippen LogP contribution < -0.4 is 4.74 Å². The van der Waals surface area contributed by atoms with Crippen molar-refractivity contribution < 1.29 is 9.47 Å². The van der Waals surface area contributed by atoms with Gasteiger partial charge in [0.2, 0.25) is 0 Å². The van der Waals surface area contributed by atoms with Crippen molar-refractivity contribution in [1.29, 1.82) is 0 Å². The number of rotatable bonds is 5. The molecular formula is C27H35NO2. The van der Waals surface area contributed by atoms with E-state index in [0.717, 1.165) is 30.2 Å². The van der Waals surface area contributed by atoms with Gasteiger partial charge >= 0.3 is 0 Å². The Hall–Kier alpha value is -2.10. The van der Waals surface area contributed by atoms with Gasteiger partial charge < -0.3 is 9.47 Å². The molecule has 160 valence electrons. The van der Waals surface area contributed by atoms with Crippen LogP contribution in [0.1, 0.15) is 51.2 Å². The van der Waals surface area contributed by atoms with E-state index >= 15 is 0 Å². The maximum absolute atomic E-state index is 6.77. The van der Waals surface area contributed by atoms with Gasteiger partial charge in [0.15, 0.2) is 0 Å². The summed E-state index contributed by atoms with van der Waals surface area (Å²) in [5.74, 6) is 2.19. The summed E-state index contributed by atoms with van der Waals surface area (Å²) in [7, 11) is 1.72. The van der Waals surface area contributed by atoms with Crippen molar-refractivity contribution in [3.8, 4) is 5.75 Å². The number of hydrogen-bond acceptors (Lipinski definition) is 3. The summed E-state index contributed by atoms with van der Waals surface area (Å²) in [6.45, 7) is 8.07. The van der Waals surface area contributed by atoms with Gasteiger partial charge in [-0.3, -0.25) is 4.90 Å². The second kappa shape index (κ2) is 8.95. The minimum Gasteiger partial charge on any atom is -0.496 e. The Kier molecular flexibility index (Phi) is 6.31. The number of benzene rings is 2. The van der Waals surface area contributed by atoms with Crippen LogP contribution in [0.2, 0.25) is 0 Å². The molecule has 0 spiro atoms. The van der Waals surface area contributed by atoms with Gasteiger partial charge in [0.25, 0.3) is 0 Å². The van der Waals surface area contributed by atoms with E-state index in [1.165, 1.54) is 18.4 Å². The molecule has 1 aliphatic carbocycles. The van der Waals surface area contributed by atoms with Crippen molar-refractivity contribution in [3.05, 3.63) is 71.8 Å². The van der Waals surface area contributed by atoms with Crippen molar-refractivity contribution in [2.24, 2.45) is 11.8 Å². The van der Waals surface area contributed by atoms with Crippen molar-refractivity contribution >= 4 is 6.08 Å². The van der Waals surface area contributed by atoms with E-state index < -0.39 is 0 Å². The lowest BCUT2D eigenvalue weighted by Crippen LogP contribution is -2.63. The van der Waals surface area contributed by atoms with Crippen LogP contribution in [0.25, 0.3) is 6.08 Å². The smallest absolute Gasteiger partial charge is 0.131 e. The van der Waals surface area contributed by atoms with E-state index in [9.17, 15) is 0 Å². The SMILES string of the molecule is COc1ccccc1/C=C/[C@@H]1O[C@@H]2C[C@H](C)CC[C@H]2C(C)(C)N1Cc1ccccc1. The fraction of sp³-hybridized carbons (Fsp3) is 0.481. The summed E-state index contributed by atoms with van der Waals surface area (Å²) >= 11 is 0. The molecule has 4 rings (SSSR count). The first-order chi connectivity index (χ1) is 14.5. The molecule has 0 radical (unpaired) electrons. The van der Waals surface area contributed by atoms with Crippen LogP contribution in [-0.2, 0) is 11.3 Å². The molecule has 2 fully saturated rings. The zero-order valence-electron chi connectivity index (χ0n) is 18.8. The molecule has 1 aliphatic heterocycles. The summed E-state index contributed by atoms with van der Waals surface area (Å²) in [6, 6.07) is 18.9. The van der Waals surface area contributed by atoms with E-state index in [-0.39, 0.29) is 11.8 Å². The third-order valence-electron chi connectivity index (χ3n) is 7.10. The van der Waals surface area contributed by atoms with Crippen molar-refractivity contribution in [2.75, 3.05) is 7.11 Å². The lowest BCUT2D eigenvalue weighted by atomic mass is 9.69. The molecule has 1 saturated carbocycles. The molecule has 3 nitrogen and oxygen atoms in total. The number of fused-ring (bicyclic) bond motifs is 1. The molecule has 1 heterocycles. The van der Waals surface area contributed by atoms with Gasteiger partial charge in [0.1, 0.15) is 12.0 Å². The lowest BCUT2D eigenvalue weighted by Gasteiger charge is -2.57. The van der Waals surface area contributed by atoms with Crippen molar-refractivity contribution in [3.63, 3.8) is 0 Å². The molecule has 1 saturated heterocycles. The van der Waals surface area contributed by atoms with Crippen molar-refractivity contribution in [1.82, 2.24) is 4.90 Å². The van der Waals surface area contributed by atoms with E-state index in [2.05, 4.69) is 80.3 Å². The minimum absolute atomic E-state index is 0.0586. The number of nitrogens with zero attached hydrogens (tertiary/aromatic N) is 1. The van der Waals surface area contributed by atoms with Gasteiger partial charge in [-0.15, -0.1) is 0 Å². The van der Waals surface area contributed by atoms with Crippen LogP contribution in [0, 0.1) is 11.8 Å². The van der Waals surface area contributed by atoms with Gasteiger partial charge in [0, 0.05) is 23.6 Å². The van der Waals surface area contributed by atoms with Crippen LogP contribution >= 0.6 is 0 Å². The third-order valence-corrected chi connectivity index (χ3v) is 7.10. The fourth-order valence-corrected chi connectivity index (χ4v) is 5.29. The molecule has 0 unspecified atom stereocenters. The van der Waals surface area contributed by atoms with Crippen LogP contribution in [0.15, 0.2) is 60.7 Å². The first-order valence-corrected chi connectivity index (χ1v) is 11.3. The monoisotopic (exact) mass is 405 g/mol. The summed E-state index contributed by atoms with van der Waals surface area (Å²) < 4.78 is 12.3. The molecule has 0 N–H and O–H groups in total. The maximum atomic E-state index is 6.77. The minimum atomic E-state index is -0.0586. The lowest BCUT2D eigenvalue weighted by molar-refractivity contribution is -0.218. The maximum Gasteiger partial charge on any atom is 0.131 e. The first kappa shape index (κ1) is 21.1. The van der Waals surface area contributed by atoms with E-state index in [1.54, 1.807) is 7.11 Å². The quantitative estimate of drug-likeness (QED) is 0.595. The highest BCUT2D eigenvalue weighted by Crippen LogP contribution is 2.45. The molecular weight excluding hydrogens is 370 g/mol. The van der Waals surface area contributed by atoms with Crippen LogP contribution in [-0.4, -0.2) is 29.9 Å². The van der Waals surface area contributed by atoms with Gasteiger partial charge in [-0.1, -0.05) is 68.0 Å². The molecule has 0 aromatic heterocycles. The Morgan fingerprint density at radius 1 is 1.07 bits per heavy atom. The van der Waals surface area contributed by atoms with Gasteiger partial charge in [-0.2, -0.15) is 0 Å². The largest absolute Gasteiger partial charge is 0.496 e. The second-order valence-electron chi connectivity index (χ2n) is 9.46. The molecule has 4 atom stereocenters. The second-order valence-corrected chi connectivity index (χ2v) is 9.46. The van der Waals surface area contributed by atoms with E-state index in [4.69, 9.17) is 9.47 Å². The molecule has 0 bridgehead atoms. The fourth-order valence-electron chi connectivity index (χ4n) is 5.29. The zero-order valence-corrected chi connectivity index (χ0v) is 18.8. The van der Waals surface area contributed by atoms with E-state index in [1.807, 2.05) is 12.1 Å². The number of methoxy groups -OCH3 is 1. The van der Waals surface area contributed by atoms with Crippen LogP contribution in [0.3, 0.4) is 0 Å². The normalized spacial score (nSPS) is 28.9. The first-order valence-electron chi connectivity index (χ1n) is 11.3. The Morgan fingerprint density at radius 3 is 2.57 bits per heavy atom. The molecule has 3 heteroatoms. The summed E-state index contributed by atoms with van der Waals surface area (Å²) in [5, 5.41) is 0. The summed E-state index contributed by atoms with van der Waals surface area (Å²) in [5.41, 5.74) is 2.47. The van der Waals surface area contributed by atoms with Gasteiger partial charge in [-0.05, 0) is 50.3 Å². The van der Waals surface area contributed by atoms with Crippen LogP contribution in [0.4, 0.5) is 0 Å². The highest BCUT2D eigenvalue weighted by Gasteiger charge is 2.49. The average molecular weight is 406 g/mol. The highest BCUT2D eigenvalue weighted by molar-refractivity contribution is 5.57.